The van der Waals surface area contributed by atoms with Crippen molar-refractivity contribution in [1.29, 1.82) is 0 Å². The van der Waals surface area contributed by atoms with Crippen LogP contribution in [0.3, 0.4) is 0 Å². The van der Waals surface area contributed by atoms with Gasteiger partial charge in [0.2, 0.25) is 5.91 Å². The maximum Gasteiger partial charge on any atom is 0.408 e. The third-order valence-corrected chi connectivity index (χ3v) is 3.20. The summed E-state index contributed by atoms with van der Waals surface area (Å²) in [6.07, 6.45) is -0.222. The number of amides is 2. The molecule has 8 heteroatoms. The number of piperidine rings is 1. The molecule has 0 aliphatic carbocycles. The van der Waals surface area contributed by atoms with E-state index in [2.05, 4.69) is 10.1 Å². The van der Waals surface area contributed by atoms with E-state index in [0.717, 1.165) is 0 Å². The fourth-order valence-electron chi connectivity index (χ4n) is 2.10. The van der Waals surface area contributed by atoms with Crippen molar-refractivity contribution in [2.45, 2.75) is 72.1 Å². The zero-order valence-electron chi connectivity index (χ0n) is 16.1. The average molecular weight is 359 g/mol. The number of nitrogens with one attached hydrogen (secondary N) is 1. The van der Waals surface area contributed by atoms with Crippen LogP contribution >= 0.6 is 0 Å². The molecule has 1 rings (SSSR count). The number of hydrogen-bond acceptors (Lipinski definition) is 5. The summed E-state index contributed by atoms with van der Waals surface area (Å²) in [5.41, 5.74) is -0.590. The van der Waals surface area contributed by atoms with Gasteiger partial charge in [-0.3, -0.25) is 9.59 Å². The van der Waals surface area contributed by atoms with Gasteiger partial charge < -0.3 is 19.7 Å². The van der Waals surface area contributed by atoms with Crippen molar-refractivity contribution in [1.82, 2.24) is 10.2 Å². The molecule has 2 amide bonds. The van der Waals surface area contributed by atoms with E-state index in [1.165, 1.54) is 6.92 Å². The molecule has 0 saturated carbocycles. The van der Waals surface area contributed by atoms with E-state index in [1.54, 1.807) is 39.5 Å². The van der Waals surface area contributed by atoms with Crippen LogP contribution < -0.4 is 5.32 Å². The van der Waals surface area contributed by atoms with Gasteiger partial charge in [0.05, 0.1) is 12.7 Å². The van der Waals surface area contributed by atoms with Gasteiger partial charge in [-0.2, -0.15) is 0 Å². The Morgan fingerprint density at radius 3 is 2.08 bits per heavy atom. The number of ether oxygens (including phenoxy) is 2. The number of nitrogens with zero attached hydrogens (tertiary/aromatic N) is 1. The summed E-state index contributed by atoms with van der Waals surface area (Å²) in [7, 11) is 0. The van der Waals surface area contributed by atoms with Crippen molar-refractivity contribution in [3.8, 4) is 0 Å². The fraction of sp³-hybridized carbons (Fsp3) is 0.824. The molecule has 0 aromatic rings. The summed E-state index contributed by atoms with van der Waals surface area (Å²) in [5.74, 6) is -0.379. The fourth-order valence-corrected chi connectivity index (χ4v) is 2.10. The molecular weight excluding hydrogens is 328 g/mol. The Kier molecular flexibility index (Phi) is 10.1. The highest BCUT2D eigenvalue weighted by Crippen LogP contribution is 2.12. The third kappa shape index (κ3) is 11.4. The summed E-state index contributed by atoms with van der Waals surface area (Å²) in [6, 6.07) is -0.641. The van der Waals surface area contributed by atoms with Crippen molar-refractivity contribution >= 4 is 18.0 Å². The molecule has 25 heavy (non-hydrogen) atoms. The van der Waals surface area contributed by atoms with Gasteiger partial charge in [-0.25, -0.2) is 9.90 Å². The first kappa shape index (κ1) is 23.2. The first-order chi connectivity index (χ1) is 11.5. The molecule has 8 nitrogen and oxygen atoms in total. The lowest BCUT2D eigenvalue weighted by Gasteiger charge is -2.31. The van der Waals surface area contributed by atoms with Crippen molar-refractivity contribution in [2.24, 2.45) is 0 Å². The van der Waals surface area contributed by atoms with E-state index in [0.29, 0.717) is 32.5 Å². The van der Waals surface area contributed by atoms with E-state index < -0.39 is 23.8 Å². The minimum absolute atomic E-state index is 0.169. The molecule has 0 aromatic carbocycles. The lowest BCUT2D eigenvalue weighted by molar-refractivity contribution is -0.140. The monoisotopic (exact) mass is 359 g/mol. The Morgan fingerprint density at radius 2 is 1.72 bits per heavy atom. The SMILES string of the molecule is CC(NC(=O)OC(C)(C)C)C(=O)N1CCC([O])CC1.CCOC(C)=O. The number of alkyl carbamates (subject to hydrolysis) is 1. The maximum absolute atomic E-state index is 12.1. The smallest absolute Gasteiger partial charge is 0.408 e. The van der Waals surface area contributed by atoms with Crippen LogP contribution in [0.25, 0.3) is 0 Å². The second-order valence-corrected chi connectivity index (χ2v) is 6.82. The summed E-state index contributed by atoms with van der Waals surface area (Å²) < 4.78 is 9.49. The number of hydrogen-bond donors (Lipinski definition) is 1. The van der Waals surface area contributed by atoms with Crippen molar-refractivity contribution in [3.05, 3.63) is 0 Å². The minimum Gasteiger partial charge on any atom is -0.466 e. The molecule has 1 fully saturated rings. The molecule has 1 unspecified atom stereocenters. The Hall–Kier alpha value is -1.83. The number of likely N-dealkylation sites (tertiary alicyclic amines) is 1. The minimum atomic E-state index is -0.641. The Balaban J connectivity index is 0.000000823. The first-order valence-corrected chi connectivity index (χ1v) is 8.53. The van der Waals surface area contributed by atoms with Gasteiger partial charge in [-0.05, 0) is 47.5 Å². The average Bonchev–Trinajstić information content (AvgIpc) is 2.45. The quantitative estimate of drug-likeness (QED) is 0.775. The molecule has 0 bridgehead atoms. The summed E-state index contributed by atoms with van der Waals surface area (Å²) in [6.45, 7) is 11.5. The molecule has 1 atom stereocenters. The van der Waals surface area contributed by atoms with Gasteiger partial charge in [0.15, 0.2) is 0 Å². The Bertz CT molecular complexity index is 439. The molecule has 0 aromatic heterocycles. The van der Waals surface area contributed by atoms with Crippen molar-refractivity contribution in [3.63, 3.8) is 0 Å². The molecule has 1 radical (unpaired) electrons. The van der Waals surface area contributed by atoms with Crippen LogP contribution in [0.15, 0.2) is 0 Å². The number of esters is 1. The van der Waals surface area contributed by atoms with Crippen molar-refractivity contribution in [2.75, 3.05) is 19.7 Å². The number of carbonyl (C=O) groups is 3. The molecule has 1 heterocycles. The molecule has 1 aliphatic rings. The van der Waals surface area contributed by atoms with Gasteiger partial charge in [-0.15, -0.1) is 0 Å². The first-order valence-electron chi connectivity index (χ1n) is 8.53. The Labute approximate surface area is 149 Å². The standard InChI is InChI=1S/C13H23N2O4.C4H8O2/c1-9(14-12(18)19-13(2,3)4)11(17)15-7-5-10(16)6-8-15;1-3-6-4(2)5/h9-10H,5-8H2,1-4H3,(H,14,18);3H2,1-2H3. The van der Waals surface area contributed by atoms with Crippen LogP contribution in [0.1, 0.15) is 54.4 Å². The van der Waals surface area contributed by atoms with Gasteiger partial charge >= 0.3 is 12.1 Å². The zero-order chi connectivity index (χ0) is 19.6. The number of carbonyl (C=O) groups excluding carboxylic acids is 3. The lowest BCUT2D eigenvalue weighted by atomic mass is 10.1. The third-order valence-electron chi connectivity index (χ3n) is 3.20. The van der Waals surface area contributed by atoms with E-state index in [4.69, 9.17) is 4.74 Å². The van der Waals surface area contributed by atoms with Gasteiger partial charge in [-0.1, -0.05) is 0 Å². The molecule has 1 N–H and O–H groups in total. The maximum atomic E-state index is 12.1. The lowest BCUT2D eigenvalue weighted by Crippen LogP contribution is -2.50. The summed E-state index contributed by atoms with van der Waals surface area (Å²) in [5, 5.41) is 13.7. The van der Waals surface area contributed by atoms with Crippen LogP contribution in [-0.4, -0.2) is 60.3 Å². The predicted molar refractivity (Wildman–Crippen MR) is 91.4 cm³/mol. The Morgan fingerprint density at radius 1 is 1.20 bits per heavy atom. The van der Waals surface area contributed by atoms with Crippen LogP contribution in [-0.2, 0) is 24.2 Å². The highest BCUT2D eigenvalue weighted by molar-refractivity contribution is 5.85. The number of rotatable bonds is 3. The zero-order valence-corrected chi connectivity index (χ0v) is 16.1. The second kappa shape index (κ2) is 10.9. The van der Waals surface area contributed by atoms with E-state index in [-0.39, 0.29) is 11.9 Å². The van der Waals surface area contributed by atoms with Gasteiger partial charge in [0, 0.05) is 20.0 Å². The largest absolute Gasteiger partial charge is 0.466 e. The van der Waals surface area contributed by atoms with Crippen LogP contribution in [0.2, 0.25) is 0 Å². The van der Waals surface area contributed by atoms with E-state index >= 15 is 0 Å². The molecular formula is C17H31N2O6. The van der Waals surface area contributed by atoms with Gasteiger partial charge in [0.1, 0.15) is 11.6 Å². The predicted octanol–water partition coefficient (Wildman–Crippen LogP) is 1.89. The van der Waals surface area contributed by atoms with Crippen LogP contribution in [0.4, 0.5) is 4.79 Å². The summed E-state index contributed by atoms with van der Waals surface area (Å²) in [4.78, 5) is 35.1. The topological polar surface area (TPSA) is 105 Å². The normalized spacial score (nSPS) is 16.2. The molecule has 145 valence electrons. The van der Waals surface area contributed by atoms with E-state index in [1.807, 2.05) is 0 Å². The summed E-state index contributed by atoms with van der Waals surface area (Å²) >= 11 is 0. The van der Waals surface area contributed by atoms with Crippen LogP contribution in [0, 0.1) is 0 Å². The molecule has 0 spiro atoms. The molecule has 1 saturated heterocycles. The van der Waals surface area contributed by atoms with Crippen molar-refractivity contribution < 1.29 is 29.0 Å². The highest BCUT2D eigenvalue weighted by Gasteiger charge is 2.27. The van der Waals surface area contributed by atoms with E-state index in [9.17, 15) is 19.5 Å². The highest BCUT2D eigenvalue weighted by atomic mass is 16.6. The van der Waals surface area contributed by atoms with Gasteiger partial charge in [0.25, 0.3) is 0 Å². The second-order valence-electron chi connectivity index (χ2n) is 6.82. The van der Waals surface area contributed by atoms with Crippen LogP contribution in [0.5, 0.6) is 0 Å². The molecule has 1 aliphatic heterocycles.